The predicted octanol–water partition coefficient (Wildman–Crippen LogP) is 2.58. The fourth-order valence-corrected chi connectivity index (χ4v) is 4.59. The van der Waals surface area contributed by atoms with Gasteiger partial charge in [-0.05, 0) is 37.0 Å². The minimum Gasteiger partial charge on any atom is -0.396 e. The standard InChI is InChI=1S/C24H33F3N4O3/c1-14(33)23(34)31(12-15-10-28-11-19(15)27)21(24(2,3)7-8-32)22-29-20(13-30(22)4)17-9-16(25)5-6-18(17)26/h5-6,9,13-15,19,21,28,32-33H,7-8,10-12H2,1-4H3/t14-,15?,19?,21?/m0/s1. The van der Waals surface area contributed by atoms with Gasteiger partial charge < -0.3 is 25.0 Å². The molecule has 1 aromatic heterocycles. The van der Waals surface area contributed by atoms with Gasteiger partial charge in [-0.25, -0.2) is 18.2 Å². The van der Waals surface area contributed by atoms with Gasteiger partial charge in [0.1, 0.15) is 29.7 Å². The van der Waals surface area contributed by atoms with Gasteiger partial charge in [-0.2, -0.15) is 0 Å². The minimum atomic E-state index is -1.35. The summed E-state index contributed by atoms with van der Waals surface area (Å²) in [6.07, 6.45) is -0.695. The Labute approximate surface area is 197 Å². The SMILES string of the molecule is C[C@H](O)C(=O)N(CC1CNCC1F)C(c1nc(-c2cc(F)ccc2F)cn1C)C(C)(C)CCO. The second-order valence-electron chi connectivity index (χ2n) is 9.69. The maximum atomic E-state index is 14.5. The van der Waals surface area contributed by atoms with Crippen molar-refractivity contribution in [2.45, 2.75) is 45.5 Å². The summed E-state index contributed by atoms with van der Waals surface area (Å²) >= 11 is 0. The number of nitrogens with zero attached hydrogens (tertiary/aromatic N) is 3. The fourth-order valence-electron chi connectivity index (χ4n) is 4.59. The molecular weight excluding hydrogens is 449 g/mol. The van der Waals surface area contributed by atoms with E-state index in [0.717, 1.165) is 18.2 Å². The zero-order valence-electron chi connectivity index (χ0n) is 19.9. The first-order chi connectivity index (χ1) is 16.0. The van der Waals surface area contributed by atoms with Crippen LogP contribution in [0.15, 0.2) is 24.4 Å². The Hall–Kier alpha value is -2.43. The highest BCUT2D eigenvalue weighted by Gasteiger charge is 2.43. The predicted molar refractivity (Wildman–Crippen MR) is 121 cm³/mol. The van der Waals surface area contributed by atoms with Crippen molar-refractivity contribution in [2.75, 3.05) is 26.2 Å². The molecule has 34 heavy (non-hydrogen) atoms. The number of carbonyl (C=O) groups is 1. The summed E-state index contributed by atoms with van der Waals surface area (Å²) in [5.41, 5.74) is -0.610. The second kappa shape index (κ2) is 10.5. The summed E-state index contributed by atoms with van der Waals surface area (Å²) in [6, 6.07) is 2.29. The van der Waals surface area contributed by atoms with Crippen molar-refractivity contribution in [1.29, 1.82) is 0 Å². The van der Waals surface area contributed by atoms with E-state index in [2.05, 4.69) is 10.3 Å². The first-order valence-electron chi connectivity index (χ1n) is 11.4. The normalized spacial score (nSPS) is 20.4. The number of aryl methyl sites for hydroxylation is 1. The van der Waals surface area contributed by atoms with Gasteiger partial charge >= 0.3 is 0 Å². The van der Waals surface area contributed by atoms with Crippen LogP contribution in [0.3, 0.4) is 0 Å². The molecule has 0 bridgehead atoms. The molecule has 3 unspecified atom stereocenters. The number of benzene rings is 1. The maximum Gasteiger partial charge on any atom is 0.251 e. The molecule has 2 aromatic rings. The Morgan fingerprint density at radius 1 is 1.35 bits per heavy atom. The molecular formula is C24H33F3N4O3. The molecule has 1 aliphatic heterocycles. The molecule has 0 spiro atoms. The van der Waals surface area contributed by atoms with Gasteiger partial charge in [-0.3, -0.25) is 4.79 Å². The lowest BCUT2D eigenvalue weighted by atomic mass is 9.79. The average molecular weight is 483 g/mol. The van der Waals surface area contributed by atoms with Crippen molar-refractivity contribution in [2.24, 2.45) is 18.4 Å². The summed E-state index contributed by atoms with van der Waals surface area (Å²) < 4.78 is 44.4. The number of aliphatic hydroxyl groups is 2. The number of imidazole rings is 1. The molecule has 1 fully saturated rings. The van der Waals surface area contributed by atoms with Crippen molar-refractivity contribution in [3.63, 3.8) is 0 Å². The topological polar surface area (TPSA) is 90.6 Å². The van der Waals surface area contributed by atoms with Crippen LogP contribution in [0.25, 0.3) is 11.3 Å². The molecule has 188 valence electrons. The third-order valence-electron chi connectivity index (χ3n) is 6.50. The van der Waals surface area contributed by atoms with Crippen LogP contribution < -0.4 is 5.32 Å². The molecule has 1 saturated heterocycles. The van der Waals surface area contributed by atoms with Crippen molar-refractivity contribution in [3.05, 3.63) is 41.9 Å². The van der Waals surface area contributed by atoms with E-state index in [1.165, 1.54) is 18.0 Å². The maximum absolute atomic E-state index is 14.5. The summed E-state index contributed by atoms with van der Waals surface area (Å²) in [4.78, 5) is 19.2. The van der Waals surface area contributed by atoms with Crippen molar-refractivity contribution in [1.82, 2.24) is 19.8 Å². The number of rotatable bonds is 9. The van der Waals surface area contributed by atoms with E-state index in [4.69, 9.17) is 0 Å². The van der Waals surface area contributed by atoms with E-state index in [1.54, 1.807) is 11.6 Å². The van der Waals surface area contributed by atoms with Gasteiger partial charge in [-0.15, -0.1) is 0 Å². The molecule has 0 aliphatic carbocycles. The Kier molecular flexibility index (Phi) is 8.05. The molecule has 3 rings (SSSR count). The third kappa shape index (κ3) is 5.45. The number of amides is 1. The second-order valence-corrected chi connectivity index (χ2v) is 9.69. The molecule has 2 heterocycles. The Bertz CT molecular complexity index is 1010. The lowest BCUT2D eigenvalue weighted by Crippen LogP contribution is -2.49. The molecule has 4 atom stereocenters. The fraction of sp³-hybridized carbons (Fsp3) is 0.583. The van der Waals surface area contributed by atoms with E-state index < -0.39 is 47.2 Å². The zero-order chi connectivity index (χ0) is 25.2. The van der Waals surface area contributed by atoms with Gasteiger partial charge in [0.15, 0.2) is 0 Å². The van der Waals surface area contributed by atoms with E-state index in [-0.39, 0.29) is 37.4 Å². The zero-order valence-corrected chi connectivity index (χ0v) is 19.9. The largest absolute Gasteiger partial charge is 0.396 e. The van der Waals surface area contributed by atoms with Crippen LogP contribution in [0.1, 0.15) is 39.1 Å². The van der Waals surface area contributed by atoms with Gasteiger partial charge in [-0.1, -0.05) is 13.8 Å². The highest BCUT2D eigenvalue weighted by atomic mass is 19.1. The van der Waals surface area contributed by atoms with Crippen molar-refractivity contribution >= 4 is 5.91 Å². The Morgan fingerprint density at radius 3 is 2.65 bits per heavy atom. The first-order valence-corrected chi connectivity index (χ1v) is 11.4. The number of nitrogens with one attached hydrogen (secondary N) is 1. The van der Waals surface area contributed by atoms with Crippen LogP contribution >= 0.6 is 0 Å². The van der Waals surface area contributed by atoms with Crippen molar-refractivity contribution < 1.29 is 28.2 Å². The van der Waals surface area contributed by atoms with Crippen molar-refractivity contribution in [3.8, 4) is 11.3 Å². The summed E-state index contributed by atoms with van der Waals surface area (Å²) in [5, 5.41) is 22.9. The van der Waals surface area contributed by atoms with Crippen LogP contribution in [0.4, 0.5) is 13.2 Å². The first kappa shape index (κ1) is 26.2. The molecule has 1 aromatic carbocycles. The number of aromatic nitrogens is 2. The molecule has 7 nitrogen and oxygen atoms in total. The Morgan fingerprint density at radius 2 is 2.06 bits per heavy atom. The van der Waals surface area contributed by atoms with Crippen LogP contribution in [-0.4, -0.2) is 69.1 Å². The molecule has 3 N–H and O–H groups in total. The Balaban J connectivity index is 2.13. The number of alkyl halides is 1. The molecule has 1 aliphatic rings. The third-order valence-corrected chi connectivity index (χ3v) is 6.50. The summed E-state index contributed by atoms with van der Waals surface area (Å²) in [6.45, 7) is 5.42. The van der Waals surface area contributed by atoms with Gasteiger partial charge in [0.05, 0.1) is 11.7 Å². The number of aliphatic hydroxyl groups excluding tert-OH is 2. The smallest absolute Gasteiger partial charge is 0.251 e. The molecule has 0 radical (unpaired) electrons. The van der Waals surface area contributed by atoms with Crippen LogP contribution in [0.2, 0.25) is 0 Å². The van der Waals surface area contributed by atoms with Gasteiger partial charge in [0.2, 0.25) is 0 Å². The highest BCUT2D eigenvalue weighted by molar-refractivity contribution is 5.80. The number of hydrogen-bond donors (Lipinski definition) is 3. The lowest BCUT2D eigenvalue weighted by molar-refractivity contribution is -0.146. The molecule has 0 saturated carbocycles. The molecule has 1 amide bonds. The summed E-state index contributed by atoms with van der Waals surface area (Å²) in [7, 11) is 1.67. The number of carbonyl (C=O) groups excluding carboxylic acids is 1. The quantitative estimate of drug-likeness (QED) is 0.511. The highest BCUT2D eigenvalue weighted by Crippen LogP contribution is 2.42. The van der Waals surface area contributed by atoms with Crippen LogP contribution in [0, 0.1) is 23.0 Å². The minimum absolute atomic E-state index is 0.0218. The van der Waals surface area contributed by atoms with E-state index in [1.807, 2.05) is 13.8 Å². The average Bonchev–Trinajstić information content (AvgIpc) is 3.33. The summed E-state index contributed by atoms with van der Waals surface area (Å²) in [5.74, 6) is -2.00. The number of hydrogen-bond acceptors (Lipinski definition) is 5. The lowest BCUT2D eigenvalue weighted by Gasteiger charge is -2.43. The monoisotopic (exact) mass is 482 g/mol. The van der Waals surface area contributed by atoms with E-state index in [0.29, 0.717) is 12.4 Å². The van der Waals surface area contributed by atoms with Crippen LogP contribution in [-0.2, 0) is 11.8 Å². The van der Waals surface area contributed by atoms with E-state index >= 15 is 0 Å². The molecule has 10 heteroatoms. The van der Waals surface area contributed by atoms with Gasteiger partial charge in [0, 0.05) is 51.0 Å². The van der Waals surface area contributed by atoms with Gasteiger partial charge in [0.25, 0.3) is 5.91 Å². The van der Waals surface area contributed by atoms with Crippen LogP contribution in [0.5, 0.6) is 0 Å². The van der Waals surface area contributed by atoms with E-state index in [9.17, 15) is 28.2 Å². The number of halogens is 3.